The summed E-state index contributed by atoms with van der Waals surface area (Å²) in [4.78, 5) is 20.1. The van der Waals surface area contributed by atoms with Crippen molar-refractivity contribution in [2.75, 3.05) is 6.26 Å². The van der Waals surface area contributed by atoms with Gasteiger partial charge in [0.25, 0.3) is 0 Å². The van der Waals surface area contributed by atoms with Crippen molar-refractivity contribution in [3.05, 3.63) is 17.5 Å². The monoisotopic (exact) mass is 208 g/mol. The number of hydrogen-bond donors (Lipinski definition) is 0. The largest absolute Gasteiger partial charge is 0.294 e. The van der Waals surface area contributed by atoms with Crippen molar-refractivity contribution in [1.29, 1.82) is 0 Å². The van der Waals surface area contributed by atoms with E-state index >= 15 is 0 Å². The molecule has 0 aliphatic heterocycles. The van der Waals surface area contributed by atoms with Gasteiger partial charge >= 0.3 is 0 Å². The standard InChI is InChI=1S/C10H12N2OS/c1-14-10-11-6-7-8(12-10)4-2-3-5-9(7)13/h6H,2-5H2,1H3. The molecule has 1 aromatic rings. The van der Waals surface area contributed by atoms with Gasteiger partial charge in [-0.3, -0.25) is 4.79 Å². The van der Waals surface area contributed by atoms with E-state index in [1.54, 1.807) is 6.20 Å². The Bertz CT molecular complexity index is 365. The Morgan fingerprint density at radius 2 is 2.14 bits per heavy atom. The molecule has 4 heteroatoms. The fourth-order valence-corrected chi connectivity index (χ4v) is 1.99. The molecule has 14 heavy (non-hydrogen) atoms. The number of carbonyl (C=O) groups excluding carboxylic acids is 1. The summed E-state index contributed by atoms with van der Waals surface area (Å²) in [6.45, 7) is 0. The fraction of sp³-hybridized carbons (Fsp3) is 0.500. The van der Waals surface area contributed by atoms with Gasteiger partial charge < -0.3 is 0 Å². The van der Waals surface area contributed by atoms with Gasteiger partial charge in [0.15, 0.2) is 10.9 Å². The highest BCUT2D eigenvalue weighted by molar-refractivity contribution is 7.98. The predicted octanol–water partition coefficient (Wildman–Crippen LogP) is 2.11. The highest BCUT2D eigenvalue weighted by Crippen LogP contribution is 2.20. The minimum Gasteiger partial charge on any atom is -0.294 e. The summed E-state index contributed by atoms with van der Waals surface area (Å²) in [7, 11) is 0. The van der Waals surface area contributed by atoms with Crippen LogP contribution in [0.5, 0.6) is 0 Å². The summed E-state index contributed by atoms with van der Waals surface area (Å²) in [6, 6.07) is 0. The number of ketones is 1. The van der Waals surface area contributed by atoms with E-state index in [0.717, 1.165) is 35.7 Å². The number of aromatic nitrogens is 2. The average molecular weight is 208 g/mol. The fourth-order valence-electron chi connectivity index (χ4n) is 1.63. The number of Topliss-reactive ketones (excluding diaryl/α,β-unsaturated/α-hetero) is 1. The van der Waals surface area contributed by atoms with Gasteiger partial charge in [0, 0.05) is 12.6 Å². The van der Waals surface area contributed by atoms with Crippen LogP contribution in [0.25, 0.3) is 0 Å². The van der Waals surface area contributed by atoms with E-state index in [2.05, 4.69) is 9.97 Å². The third-order valence-electron chi connectivity index (χ3n) is 2.40. The van der Waals surface area contributed by atoms with Gasteiger partial charge in [-0.25, -0.2) is 9.97 Å². The predicted molar refractivity (Wildman–Crippen MR) is 55.7 cm³/mol. The quantitative estimate of drug-likeness (QED) is 0.403. The molecule has 0 atom stereocenters. The van der Waals surface area contributed by atoms with Gasteiger partial charge in [0.1, 0.15) is 0 Å². The number of fused-ring (bicyclic) bond motifs is 1. The first-order valence-corrected chi connectivity index (χ1v) is 5.97. The smallest absolute Gasteiger partial charge is 0.187 e. The molecule has 0 fully saturated rings. The summed E-state index contributed by atoms with van der Waals surface area (Å²) in [5, 5.41) is 0.762. The van der Waals surface area contributed by atoms with E-state index in [4.69, 9.17) is 0 Å². The summed E-state index contributed by atoms with van der Waals surface area (Å²) in [6.07, 6.45) is 7.22. The number of carbonyl (C=O) groups is 1. The van der Waals surface area contributed by atoms with Gasteiger partial charge in [-0.1, -0.05) is 11.8 Å². The normalized spacial score (nSPS) is 16.2. The second kappa shape index (κ2) is 4.09. The lowest BCUT2D eigenvalue weighted by Gasteiger charge is -2.03. The maximum atomic E-state index is 11.6. The lowest BCUT2D eigenvalue weighted by molar-refractivity contribution is 0.0981. The molecule has 0 spiro atoms. The minimum absolute atomic E-state index is 0.199. The molecule has 74 valence electrons. The van der Waals surface area contributed by atoms with Crippen LogP contribution in [0.1, 0.15) is 35.3 Å². The van der Waals surface area contributed by atoms with Gasteiger partial charge in [-0.2, -0.15) is 0 Å². The summed E-state index contributed by atoms with van der Waals surface area (Å²) in [5.41, 5.74) is 1.67. The Hall–Kier alpha value is -0.900. The second-order valence-corrected chi connectivity index (χ2v) is 4.12. The Morgan fingerprint density at radius 3 is 2.93 bits per heavy atom. The van der Waals surface area contributed by atoms with Gasteiger partial charge in [-0.05, 0) is 25.5 Å². The Labute approximate surface area is 87.3 Å². The Kier molecular flexibility index (Phi) is 2.82. The number of hydrogen-bond acceptors (Lipinski definition) is 4. The van der Waals surface area contributed by atoms with E-state index in [9.17, 15) is 4.79 Å². The Balaban J connectivity index is 2.43. The van der Waals surface area contributed by atoms with Crippen LogP contribution in [-0.2, 0) is 6.42 Å². The minimum atomic E-state index is 0.199. The van der Waals surface area contributed by atoms with Gasteiger partial charge in [-0.15, -0.1) is 0 Å². The number of rotatable bonds is 1. The third kappa shape index (κ3) is 1.80. The highest BCUT2D eigenvalue weighted by Gasteiger charge is 2.17. The Morgan fingerprint density at radius 1 is 1.36 bits per heavy atom. The molecule has 0 bridgehead atoms. The lowest BCUT2D eigenvalue weighted by atomic mass is 10.1. The van der Waals surface area contributed by atoms with Crippen LogP contribution >= 0.6 is 11.8 Å². The molecule has 0 saturated carbocycles. The highest BCUT2D eigenvalue weighted by atomic mass is 32.2. The van der Waals surface area contributed by atoms with Crippen LogP contribution in [0.4, 0.5) is 0 Å². The van der Waals surface area contributed by atoms with E-state index in [0.29, 0.717) is 6.42 Å². The first kappa shape index (κ1) is 9.65. The maximum absolute atomic E-state index is 11.6. The molecule has 1 heterocycles. The number of thioether (sulfide) groups is 1. The molecule has 0 aromatic carbocycles. The molecule has 1 aliphatic carbocycles. The van der Waals surface area contributed by atoms with Crippen LogP contribution in [-0.4, -0.2) is 22.0 Å². The molecule has 0 unspecified atom stereocenters. The summed E-state index contributed by atoms with van der Waals surface area (Å²) in [5.74, 6) is 0.199. The molecule has 1 aliphatic rings. The van der Waals surface area contributed by atoms with Crippen LogP contribution in [0.15, 0.2) is 11.4 Å². The molecule has 0 radical (unpaired) electrons. The molecule has 3 nitrogen and oxygen atoms in total. The first-order chi connectivity index (χ1) is 6.81. The SMILES string of the molecule is CSc1ncc2c(n1)CCCCC2=O. The second-order valence-electron chi connectivity index (χ2n) is 3.35. The van der Waals surface area contributed by atoms with E-state index in [1.165, 1.54) is 11.8 Å². The van der Waals surface area contributed by atoms with Crippen molar-refractivity contribution in [1.82, 2.24) is 9.97 Å². The van der Waals surface area contributed by atoms with Crippen molar-refractivity contribution in [2.45, 2.75) is 30.8 Å². The molecule has 1 aromatic heterocycles. The molecular weight excluding hydrogens is 196 g/mol. The zero-order chi connectivity index (χ0) is 9.97. The van der Waals surface area contributed by atoms with Crippen LogP contribution in [0.3, 0.4) is 0 Å². The van der Waals surface area contributed by atoms with Crippen LogP contribution < -0.4 is 0 Å². The molecule has 2 rings (SSSR count). The lowest BCUT2D eigenvalue weighted by Crippen LogP contribution is -2.04. The van der Waals surface area contributed by atoms with Gasteiger partial charge in [0.2, 0.25) is 0 Å². The van der Waals surface area contributed by atoms with Crippen LogP contribution in [0, 0.1) is 0 Å². The zero-order valence-electron chi connectivity index (χ0n) is 8.12. The first-order valence-electron chi connectivity index (χ1n) is 4.74. The van der Waals surface area contributed by atoms with Crippen molar-refractivity contribution in [3.63, 3.8) is 0 Å². The molecule has 0 saturated heterocycles. The number of aryl methyl sites for hydroxylation is 1. The van der Waals surface area contributed by atoms with Crippen molar-refractivity contribution in [2.24, 2.45) is 0 Å². The molecule has 0 N–H and O–H groups in total. The van der Waals surface area contributed by atoms with Gasteiger partial charge in [0.05, 0.1) is 11.3 Å². The summed E-state index contributed by atoms with van der Waals surface area (Å²) >= 11 is 1.52. The van der Waals surface area contributed by atoms with Crippen molar-refractivity contribution < 1.29 is 4.79 Å². The van der Waals surface area contributed by atoms with E-state index in [-0.39, 0.29) is 5.78 Å². The van der Waals surface area contributed by atoms with Crippen molar-refractivity contribution >= 4 is 17.5 Å². The zero-order valence-corrected chi connectivity index (χ0v) is 8.93. The average Bonchev–Trinajstić information content (AvgIpc) is 2.40. The van der Waals surface area contributed by atoms with E-state index < -0.39 is 0 Å². The van der Waals surface area contributed by atoms with E-state index in [1.807, 2.05) is 6.26 Å². The molecule has 0 amide bonds. The van der Waals surface area contributed by atoms with Crippen LogP contribution in [0.2, 0.25) is 0 Å². The number of nitrogens with zero attached hydrogens (tertiary/aromatic N) is 2. The third-order valence-corrected chi connectivity index (χ3v) is 2.96. The maximum Gasteiger partial charge on any atom is 0.187 e. The topological polar surface area (TPSA) is 42.9 Å². The summed E-state index contributed by atoms with van der Waals surface area (Å²) < 4.78 is 0. The van der Waals surface area contributed by atoms with Crippen molar-refractivity contribution in [3.8, 4) is 0 Å². The molecular formula is C10H12N2OS.